The molecule has 0 saturated carbocycles. The molecular formula is C13H16N2O4S. The number of ether oxygens (including phenoxy) is 1. The van der Waals surface area contributed by atoms with E-state index in [0.717, 1.165) is 11.5 Å². The molecular weight excluding hydrogens is 280 g/mol. The third-order valence-corrected chi connectivity index (χ3v) is 3.94. The Morgan fingerprint density at radius 1 is 1.35 bits per heavy atom. The van der Waals surface area contributed by atoms with Crippen molar-refractivity contribution in [3.05, 3.63) is 23.8 Å². The van der Waals surface area contributed by atoms with E-state index in [-0.39, 0.29) is 17.3 Å². The predicted molar refractivity (Wildman–Crippen MR) is 77.9 cm³/mol. The molecule has 0 unspecified atom stereocenters. The summed E-state index contributed by atoms with van der Waals surface area (Å²) in [4.78, 5) is 25.0. The highest BCUT2D eigenvalue weighted by atomic mass is 32.2. The summed E-state index contributed by atoms with van der Waals surface area (Å²) in [6.45, 7) is 1.35. The van der Waals surface area contributed by atoms with Gasteiger partial charge in [-0.3, -0.25) is 0 Å². The Morgan fingerprint density at radius 3 is 2.65 bits per heavy atom. The van der Waals surface area contributed by atoms with Crippen molar-refractivity contribution in [2.24, 2.45) is 0 Å². The number of anilines is 1. The number of nitrogens with zero attached hydrogens (tertiary/aromatic N) is 1. The lowest BCUT2D eigenvalue weighted by atomic mass is 10.1. The van der Waals surface area contributed by atoms with Crippen LogP contribution in [-0.2, 0) is 0 Å². The summed E-state index contributed by atoms with van der Waals surface area (Å²) in [6, 6.07) is 4.29. The number of amides is 2. The molecule has 2 N–H and O–H groups in total. The summed E-state index contributed by atoms with van der Waals surface area (Å²) < 4.78 is 4.99. The summed E-state index contributed by atoms with van der Waals surface area (Å²) >= 11 is 1.80. The van der Waals surface area contributed by atoms with E-state index in [1.165, 1.54) is 13.2 Å². The Hall–Kier alpha value is -1.89. The third kappa shape index (κ3) is 3.36. The first kappa shape index (κ1) is 14.5. The normalized spacial score (nSPS) is 14.8. The second-order valence-electron chi connectivity index (χ2n) is 4.25. The second-order valence-corrected chi connectivity index (χ2v) is 5.47. The summed E-state index contributed by atoms with van der Waals surface area (Å²) in [6.07, 6.45) is 0. The number of methoxy groups -OCH3 is 1. The zero-order valence-electron chi connectivity index (χ0n) is 11.1. The molecule has 0 spiro atoms. The van der Waals surface area contributed by atoms with Crippen molar-refractivity contribution in [3.63, 3.8) is 0 Å². The van der Waals surface area contributed by atoms with E-state index in [4.69, 9.17) is 4.74 Å². The first-order valence-corrected chi connectivity index (χ1v) is 7.32. The summed E-state index contributed by atoms with van der Waals surface area (Å²) in [7, 11) is 1.46. The fraction of sp³-hybridized carbons (Fsp3) is 0.385. The molecule has 1 aliphatic heterocycles. The number of rotatable bonds is 3. The van der Waals surface area contributed by atoms with E-state index < -0.39 is 5.97 Å². The van der Waals surface area contributed by atoms with Crippen molar-refractivity contribution in [3.8, 4) is 5.75 Å². The van der Waals surface area contributed by atoms with Crippen LogP contribution in [-0.4, -0.2) is 53.7 Å². The van der Waals surface area contributed by atoms with E-state index in [9.17, 15) is 14.7 Å². The van der Waals surface area contributed by atoms with E-state index in [1.54, 1.807) is 28.8 Å². The van der Waals surface area contributed by atoms with Gasteiger partial charge in [0.2, 0.25) is 0 Å². The molecule has 1 heterocycles. The second kappa shape index (κ2) is 6.51. The summed E-state index contributed by atoms with van der Waals surface area (Å²) in [5.41, 5.74) is 0.297. The standard InChI is InChI=1S/C13H16N2O4S/c1-19-9-2-3-11(10(8-9)12(16)17)14-13(18)15-4-6-20-7-5-15/h2-3,8H,4-7H2,1H3,(H,14,18)(H,16,17). The van der Waals surface area contributed by atoms with Crippen molar-refractivity contribution in [1.82, 2.24) is 4.90 Å². The van der Waals surface area contributed by atoms with Crippen LogP contribution < -0.4 is 10.1 Å². The maximum atomic E-state index is 12.1. The number of carbonyl (C=O) groups excluding carboxylic acids is 1. The molecule has 2 rings (SSSR count). The van der Waals surface area contributed by atoms with Crippen LogP contribution in [0, 0.1) is 0 Å². The van der Waals surface area contributed by atoms with Gasteiger partial charge in [-0.2, -0.15) is 11.8 Å². The first-order valence-electron chi connectivity index (χ1n) is 6.17. The fourth-order valence-electron chi connectivity index (χ4n) is 1.90. The highest BCUT2D eigenvalue weighted by Crippen LogP contribution is 2.23. The number of thioether (sulfide) groups is 1. The molecule has 0 aliphatic carbocycles. The van der Waals surface area contributed by atoms with E-state index in [0.29, 0.717) is 18.8 Å². The van der Waals surface area contributed by atoms with Crippen molar-refractivity contribution >= 4 is 29.4 Å². The monoisotopic (exact) mass is 296 g/mol. The third-order valence-electron chi connectivity index (χ3n) is 3.00. The Morgan fingerprint density at radius 2 is 2.05 bits per heavy atom. The number of carbonyl (C=O) groups is 2. The Bertz CT molecular complexity index is 515. The number of urea groups is 1. The van der Waals surface area contributed by atoms with Gasteiger partial charge in [-0.25, -0.2) is 9.59 Å². The van der Waals surface area contributed by atoms with Crippen molar-refractivity contribution < 1.29 is 19.4 Å². The van der Waals surface area contributed by atoms with Gasteiger partial charge < -0.3 is 20.1 Å². The Kier molecular flexibility index (Phi) is 4.73. The van der Waals surface area contributed by atoms with Crippen LogP contribution in [0.15, 0.2) is 18.2 Å². The van der Waals surface area contributed by atoms with Crippen LogP contribution in [0.4, 0.5) is 10.5 Å². The number of benzene rings is 1. The molecule has 1 fully saturated rings. The van der Waals surface area contributed by atoms with Gasteiger partial charge in [-0.05, 0) is 18.2 Å². The van der Waals surface area contributed by atoms with Crippen LogP contribution in [0.3, 0.4) is 0 Å². The first-order chi connectivity index (χ1) is 9.61. The summed E-state index contributed by atoms with van der Waals surface area (Å²) in [5, 5.41) is 11.8. The zero-order chi connectivity index (χ0) is 14.5. The van der Waals surface area contributed by atoms with Crippen LogP contribution in [0.25, 0.3) is 0 Å². The fourth-order valence-corrected chi connectivity index (χ4v) is 2.80. The van der Waals surface area contributed by atoms with Crippen molar-refractivity contribution in [2.75, 3.05) is 37.0 Å². The lowest BCUT2D eigenvalue weighted by Crippen LogP contribution is -2.40. The van der Waals surface area contributed by atoms with Gasteiger partial charge in [0, 0.05) is 24.6 Å². The molecule has 2 amide bonds. The molecule has 6 nitrogen and oxygen atoms in total. The molecule has 20 heavy (non-hydrogen) atoms. The smallest absolute Gasteiger partial charge is 0.337 e. The van der Waals surface area contributed by atoms with Gasteiger partial charge in [0.1, 0.15) is 5.75 Å². The molecule has 1 aliphatic rings. The SMILES string of the molecule is COc1ccc(NC(=O)N2CCSCC2)c(C(=O)O)c1. The van der Waals surface area contributed by atoms with Gasteiger partial charge in [0.25, 0.3) is 0 Å². The van der Waals surface area contributed by atoms with Crippen LogP contribution in [0.2, 0.25) is 0 Å². The number of carboxylic acids is 1. The largest absolute Gasteiger partial charge is 0.497 e. The highest BCUT2D eigenvalue weighted by molar-refractivity contribution is 7.99. The molecule has 1 aromatic rings. The average molecular weight is 296 g/mol. The van der Waals surface area contributed by atoms with Crippen molar-refractivity contribution in [1.29, 1.82) is 0 Å². The highest BCUT2D eigenvalue weighted by Gasteiger charge is 2.19. The van der Waals surface area contributed by atoms with E-state index in [2.05, 4.69) is 5.32 Å². The number of aromatic carboxylic acids is 1. The maximum Gasteiger partial charge on any atom is 0.337 e. The van der Waals surface area contributed by atoms with Gasteiger partial charge in [-0.15, -0.1) is 0 Å². The number of nitrogens with one attached hydrogen (secondary N) is 1. The molecule has 7 heteroatoms. The molecule has 0 aromatic heterocycles. The van der Waals surface area contributed by atoms with Crippen LogP contribution in [0.1, 0.15) is 10.4 Å². The minimum atomic E-state index is -1.10. The van der Waals surface area contributed by atoms with Gasteiger partial charge in [0.05, 0.1) is 18.4 Å². The number of hydrogen-bond donors (Lipinski definition) is 2. The summed E-state index contributed by atoms with van der Waals surface area (Å²) in [5.74, 6) is 1.15. The lowest BCUT2D eigenvalue weighted by molar-refractivity contribution is 0.0697. The quantitative estimate of drug-likeness (QED) is 0.891. The predicted octanol–water partition coefficient (Wildman–Crippen LogP) is 1.97. The molecule has 1 aromatic carbocycles. The molecule has 0 radical (unpaired) electrons. The van der Waals surface area contributed by atoms with Gasteiger partial charge >= 0.3 is 12.0 Å². The molecule has 0 atom stereocenters. The van der Waals surface area contributed by atoms with Gasteiger partial charge in [0.15, 0.2) is 0 Å². The minimum Gasteiger partial charge on any atom is -0.497 e. The molecule has 108 valence electrons. The number of carboxylic acid groups (broad SMARTS) is 1. The average Bonchev–Trinajstić information content (AvgIpc) is 2.48. The van der Waals surface area contributed by atoms with Crippen molar-refractivity contribution in [2.45, 2.75) is 0 Å². The van der Waals surface area contributed by atoms with Gasteiger partial charge in [-0.1, -0.05) is 0 Å². The number of hydrogen-bond acceptors (Lipinski definition) is 4. The van der Waals surface area contributed by atoms with E-state index >= 15 is 0 Å². The molecule has 0 bridgehead atoms. The minimum absolute atomic E-state index is 0.0177. The maximum absolute atomic E-state index is 12.1. The van der Waals surface area contributed by atoms with Crippen LogP contribution >= 0.6 is 11.8 Å². The zero-order valence-corrected chi connectivity index (χ0v) is 11.9. The molecule has 1 saturated heterocycles. The van der Waals surface area contributed by atoms with Crippen LogP contribution in [0.5, 0.6) is 5.75 Å². The Balaban J connectivity index is 2.15. The lowest BCUT2D eigenvalue weighted by Gasteiger charge is -2.26. The van der Waals surface area contributed by atoms with E-state index in [1.807, 2.05) is 0 Å². The Labute approximate surface area is 121 Å². The topological polar surface area (TPSA) is 78.9 Å².